The van der Waals surface area contributed by atoms with Crippen molar-refractivity contribution in [2.45, 2.75) is 0 Å². The summed E-state index contributed by atoms with van der Waals surface area (Å²) in [5.74, 6) is 0.312. The quantitative estimate of drug-likeness (QED) is 0.654. The number of ether oxygens (including phenoxy) is 2. The number of nitrogens with one attached hydrogen (secondary N) is 2. The Bertz CT molecular complexity index is 958. The van der Waals surface area contributed by atoms with Gasteiger partial charge < -0.3 is 20.1 Å². The van der Waals surface area contributed by atoms with Crippen LogP contribution < -0.4 is 20.1 Å². The molecule has 0 aliphatic carbocycles. The van der Waals surface area contributed by atoms with Crippen LogP contribution in [0.4, 0.5) is 11.4 Å². The minimum absolute atomic E-state index is 0.213. The molecule has 3 aromatic carbocycles. The van der Waals surface area contributed by atoms with Crippen LogP contribution in [-0.4, -0.2) is 25.5 Å². The van der Waals surface area contributed by atoms with E-state index < -0.39 is 0 Å². The molecule has 0 atom stereocenters. The Balaban J connectivity index is 1.65. The van der Waals surface area contributed by atoms with E-state index in [0.717, 1.165) is 0 Å². The molecule has 2 N–H and O–H groups in total. The van der Waals surface area contributed by atoms with Gasteiger partial charge in [0.2, 0.25) is 0 Å². The Morgan fingerprint density at radius 2 is 1.43 bits per heavy atom. The van der Waals surface area contributed by atoms with Crippen molar-refractivity contribution < 1.29 is 19.1 Å². The SMILES string of the molecule is COc1ccccc1OCC(=O)Nc1ccccc1C(=O)Nc1ccccc1. The Morgan fingerprint density at radius 3 is 2.18 bits per heavy atom. The zero-order chi connectivity index (χ0) is 19.8. The molecule has 0 fully saturated rings. The molecule has 2 amide bonds. The van der Waals surface area contributed by atoms with Crippen LogP contribution in [0, 0.1) is 0 Å². The summed E-state index contributed by atoms with van der Waals surface area (Å²) in [6.45, 7) is -0.213. The van der Waals surface area contributed by atoms with Gasteiger partial charge >= 0.3 is 0 Å². The zero-order valence-electron chi connectivity index (χ0n) is 15.3. The number of para-hydroxylation sites is 4. The number of methoxy groups -OCH3 is 1. The van der Waals surface area contributed by atoms with Gasteiger partial charge in [0.1, 0.15) is 0 Å². The van der Waals surface area contributed by atoms with Crippen LogP contribution in [0.25, 0.3) is 0 Å². The highest BCUT2D eigenvalue weighted by molar-refractivity contribution is 6.10. The van der Waals surface area contributed by atoms with Crippen LogP contribution in [0.5, 0.6) is 11.5 Å². The molecule has 0 saturated heterocycles. The molecule has 28 heavy (non-hydrogen) atoms. The topological polar surface area (TPSA) is 76.7 Å². The van der Waals surface area contributed by atoms with Gasteiger partial charge in [-0.3, -0.25) is 9.59 Å². The molecule has 3 rings (SSSR count). The first-order valence-corrected chi connectivity index (χ1v) is 8.68. The van der Waals surface area contributed by atoms with E-state index in [1.54, 1.807) is 54.6 Å². The predicted molar refractivity (Wildman–Crippen MR) is 108 cm³/mol. The average Bonchev–Trinajstić information content (AvgIpc) is 2.73. The molecule has 6 nitrogen and oxygen atoms in total. The lowest BCUT2D eigenvalue weighted by Crippen LogP contribution is -2.23. The molecule has 3 aromatic rings. The number of hydrogen-bond donors (Lipinski definition) is 2. The van der Waals surface area contributed by atoms with E-state index in [9.17, 15) is 9.59 Å². The van der Waals surface area contributed by atoms with E-state index in [4.69, 9.17) is 9.47 Å². The second-order valence-electron chi connectivity index (χ2n) is 5.85. The van der Waals surface area contributed by atoms with Crippen molar-refractivity contribution in [1.29, 1.82) is 0 Å². The molecule has 0 radical (unpaired) electrons. The van der Waals surface area contributed by atoms with Crippen LogP contribution in [0.15, 0.2) is 78.9 Å². The summed E-state index contributed by atoms with van der Waals surface area (Å²) in [6, 6.07) is 23.0. The maximum atomic E-state index is 12.6. The van der Waals surface area contributed by atoms with Gasteiger partial charge in [-0.1, -0.05) is 42.5 Å². The third-order valence-corrected chi connectivity index (χ3v) is 3.91. The Kier molecular flexibility index (Phi) is 6.25. The molecule has 6 heteroatoms. The molecule has 142 valence electrons. The summed E-state index contributed by atoms with van der Waals surface area (Å²) in [4.78, 5) is 24.9. The van der Waals surface area contributed by atoms with Gasteiger partial charge in [0.25, 0.3) is 11.8 Å². The first-order chi connectivity index (χ1) is 13.7. The van der Waals surface area contributed by atoms with E-state index in [1.807, 2.05) is 24.3 Å². The van der Waals surface area contributed by atoms with Crippen molar-refractivity contribution in [2.75, 3.05) is 24.4 Å². The number of amides is 2. The van der Waals surface area contributed by atoms with Gasteiger partial charge in [0.05, 0.1) is 18.4 Å². The van der Waals surface area contributed by atoms with E-state index in [2.05, 4.69) is 10.6 Å². The van der Waals surface area contributed by atoms with E-state index >= 15 is 0 Å². The number of rotatable bonds is 7. The highest BCUT2D eigenvalue weighted by Gasteiger charge is 2.14. The second-order valence-corrected chi connectivity index (χ2v) is 5.85. The molecule has 0 aliphatic heterocycles. The number of carbonyl (C=O) groups excluding carboxylic acids is 2. The van der Waals surface area contributed by atoms with Gasteiger partial charge in [-0.25, -0.2) is 0 Å². The van der Waals surface area contributed by atoms with Gasteiger partial charge in [0.15, 0.2) is 18.1 Å². The number of carbonyl (C=O) groups is 2. The smallest absolute Gasteiger partial charge is 0.262 e. The Labute approximate surface area is 163 Å². The maximum absolute atomic E-state index is 12.6. The Hall–Kier alpha value is -3.80. The summed E-state index contributed by atoms with van der Waals surface area (Å²) >= 11 is 0. The molecule has 0 saturated carbocycles. The number of hydrogen-bond acceptors (Lipinski definition) is 4. The summed E-state index contributed by atoms with van der Waals surface area (Å²) < 4.78 is 10.7. The summed E-state index contributed by atoms with van der Waals surface area (Å²) in [6.07, 6.45) is 0. The van der Waals surface area contributed by atoms with Gasteiger partial charge in [-0.15, -0.1) is 0 Å². The summed E-state index contributed by atoms with van der Waals surface area (Å²) in [5, 5.41) is 5.53. The first kappa shape index (κ1) is 19.0. The fourth-order valence-electron chi connectivity index (χ4n) is 2.58. The second kappa shape index (κ2) is 9.23. The molecular weight excluding hydrogens is 356 g/mol. The van der Waals surface area contributed by atoms with E-state index in [1.165, 1.54) is 7.11 Å². The van der Waals surface area contributed by atoms with Crippen molar-refractivity contribution in [3.8, 4) is 11.5 Å². The van der Waals surface area contributed by atoms with Crippen molar-refractivity contribution >= 4 is 23.2 Å². The lowest BCUT2D eigenvalue weighted by atomic mass is 10.1. The van der Waals surface area contributed by atoms with Gasteiger partial charge in [0, 0.05) is 5.69 Å². The van der Waals surface area contributed by atoms with E-state index in [-0.39, 0.29) is 18.4 Å². The average molecular weight is 376 g/mol. The Morgan fingerprint density at radius 1 is 0.786 bits per heavy atom. The van der Waals surface area contributed by atoms with Crippen molar-refractivity contribution in [3.05, 3.63) is 84.4 Å². The third-order valence-electron chi connectivity index (χ3n) is 3.91. The number of benzene rings is 3. The van der Waals surface area contributed by atoms with Crippen LogP contribution >= 0.6 is 0 Å². The monoisotopic (exact) mass is 376 g/mol. The maximum Gasteiger partial charge on any atom is 0.262 e. The molecule has 0 spiro atoms. The predicted octanol–water partition coefficient (Wildman–Crippen LogP) is 3.97. The van der Waals surface area contributed by atoms with Crippen molar-refractivity contribution in [3.63, 3.8) is 0 Å². The minimum atomic E-state index is -0.383. The van der Waals surface area contributed by atoms with Crippen LogP contribution in [0.3, 0.4) is 0 Å². The minimum Gasteiger partial charge on any atom is -0.493 e. The largest absolute Gasteiger partial charge is 0.493 e. The van der Waals surface area contributed by atoms with Gasteiger partial charge in [-0.2, -0.15) is 0 Å². The van der Waals surface area contributed by atoms with Gasteiger partial charge in [-0.05, 0) is 36.4 Å². The normalized spacial score (nSPS) is 10.0. The summed E-state index contributed by atoms with van der Waals surface area (Å²) in [5.41, 5.74) is 1.44. The van der Waals surface area contributed by atoms with Crippen molar-refractivity contribution in [2.24, 2.45) is 0 Å². The highest BCUT2D eigenvalue weighted by atomic mass is 16.5. The molecular formula is C22H20N2O4. The molecule has 0 bridgehead atoms. The zero-order valence-corrected chi connectivity index (χ0v) is 15.3. The molecule has 0 heterocycles. The fourth-order valence-corrected chi connectivity index (χ4v) is 2.58. The highest BCUT2D eigenvalue weighted by Crippen LogP contribution is 2.25. The molecule has 0 aliphatic rings. The van der Waals surface area contributed by atoms with Crippen LogP contribution in [0.1, 0.15) is 10.4 Å². The standard InChI is InChI=1S/C22H20N2O4/c1-27-19-13-7-8-14-20(19)28-15-21(25)24-18-12-6-5-11-17(18)22(26)23-16-9-3-2-4-10-16/h2-14H,15H2,1H3,(H,23,26)(H,24,25). The van der Waals surface area contributed by atoms with E-state index in [0.29, 0.717) is 28.4 Å². The third kappa shape index (κ3) is 4.88. The number of anilines is 2. The fraction of sp³-hybridized carbons (Fsp3) is 0.0909. The molecule has 0 aromatic heterocycles. The van der Waals surface area contributed by atoms with Crippen LogP contribution in [-0.2, 0) is 4.79 Å². The van der Waals surface area contributed by atoms with Crippen LogP contribution in [0.2, 0.25) is 0 Å². The first-order valence-electron chi connectivity index (χ1n) is 8.68. The lowest BCUT2D eigenvalue weighted by Gasteiger charge is -2.13. The lowest BCUT2D eigenvalue weighted by molar-refractivity contribution is -0.118. The summed E-state index contributed by atoms with van der Waals surface area (Å²) in [7, 11) is 1.53. The van der Waals surface area contributed by atoms with Crippen molar-refractivity contribution in [1.82, 2.24) is 0 Å². The molecule has 0 unspecified atom stereocenters.